The lowest BCUT2D eigenvalue weighted by Crippen LogP contribution is -2.46. The molecule has 0 aliphatic heterocycles. The number of rotatable bonds is 74. The first-order valence-electron chi connectivity index (χ1n) is 39.2. The van der Waals surface area contributed by atoms with Gasteiger partial charge in [-0.05, 0) is 44.9 Å². The fraction of sp³-hybridized carbons (Fsp3) is 0.936. The van der Waals surface area contributed by atoms with E-state index in [1.54, 1.807) is 0 Å². The van der Waals surface area contributed by atoms with Crippen molar-refractivity contribution in [2.24, 2.45) is 0 Å². The Morgan fingerprint density at radius 1 is 0.391 bits per heavy atom. The number of amides is 1. The minimum Gasteiger partial charge on any atom is -0.391 e. The van der Waals surface area contributed by atoms with Crippen molar-refractivity contribution in [3.05, 3.63) is 24.3 Å². The fourth-order valence-corrected chi connectivity index (χ4v) is 13.1. The summed E-state index contributed by atoms with van der Waals surface area (Å²) in [6.07, 6.45) is 91.8. The van der Waals surface area contributed by atoms with E-state index in [-0.39, 0.29) is 19.1 Å². The van der Waals surface area contributed by atoms with E-state index in [9.17, 15) is 19.4 Å². The molecule has 0 spiro atoms. The van der Waals surface area contributed by atoms with Gasteiger partial charge in [-0.2, -0.15) is 0 Å². The van der Waals surface area contributed by atoms with Crippen LogP contribution in [0.25, 0.3) is 0 Å². The van der Waals surface area contributed by atoms with Crippen LogP contribution in [0, 0.1) is 0 Å². The van der Waals surface area contributed by atoms with Gasteiger partial charge in [0, 0.05) is 6.42 Å². The Balaban J connectivity index is 3.92. The number of likely N-dealkylation sites (N-methyl/N-ethyl adjacent to an activating group) is 1. The van der Waals surface area contributed by atoms with Gasteiger partial charge in [-0.15, -0.1) is 0 Å². The molecule has 0 heterocycles. The van der Waals surface area contributed by atoms with Gasteiger partial charge in [0.05, 0.1) is 39.9 Å². The van der Waals surface area contributed by atoms with Gasteiger partial charge >= 0.3 is 7.82 Å². The molecule has 1 amide bonds. The van der Waals surface area contributed by atoms with E-state index in [0.29, 0.717) is 23.9 Å². The number of aliphatic hydroxyl groups is 1. The number of carbonyl (C=O) groups excluding carboxylic acids is 1. The van der Waals surface area contributed by atoms with Crippen molar-refractivity contribution in [2.75, 3.05) is 40.9 Å². The minimum atomic E-state index is -4.33. The molecular formula is C78H156N2O6P+. The van der Waals surface area contributed by atoms with Crippen molar-refractivity contribution in [3.8, 4) is 0 Å². The smallest absolute Gasteiger partial charge is 0.391 e. The second kappa shape index (κ2) is 69.3. The van der Waals surface area contributed by atoms with Crippen LogP contribution in [0.3, 0.4) is 0 Å². The summed E-state index contributed by atoms with van der Waals surface area (Å²) in [6, 6.07) is -0.760. The predicted molar refractivity (Wildman–Crippen MR) is 383 cm³/mol. The van der Waals surface area contributed by atoms with Crippen molar-refractivity contribution in [3.63, 3.8) is 0 Å². The highest BCUT2D eigenvalue weighted by molar-refractivity contribution is 7.47. The normalized spacial score (nSPS) is 13.6. The van der Waals surface area contributed by atoms with Crippen LogP contribution in [-0.4, -0.2) is 73.4 Å². The van der Waals surface area contributed by atoms with Gasteiger partial charge in [-0.3, -0.25) is 13.8 Å². The van der Waals surface area contributed by atoms with Crippen molar-refractivity contribution in [1.82, 2.24) is 5.32 Å². The van der Waals surface area contributed by atoms with E-state index in [1.807, 2.05) is 21.1 Å². The summed E-state index contributed by atoms with van der Waals surface area (Å²) in [4.78, 5) is 23.5. The highest BCUT2D eigenvalue weighted by atomic mass is 31.2. The third kappa shape index (κ3) is 72.3. The van der Waals surface area contributed by atoms with Crippen LogP contribution in [0.1, 0.15) is 418 Å². The first kappa shape index (κ1) is 86.0. The van der Waals surface area contributed by atoms with Crippen molar-refractivity contribution >= 4 is 13.7 Å². The number of phosphoric acid groups is 1. The molecule has 0 saturated carbocycles. The van der Waals surface area contributed by atoms with E-state index < -0.39 is 20.0 Å². The first-order valence-corrected chi connectivity index (χ1v) is 40.7. The Kier molecular flexibility index (Phi) is 68.5. The van der Waals surface area contributed by atoms with E-state index in [2.05, 4.69) is 43.5 Å². The zero-order valence-corrected chi connectivity index (χ0v) is 60.4. The molecule has 87 heavy (non-hydrogen) atoms. The Labute approximate surface area is 545 Å². The lowest BCUT2D eigenvalue weighted by Gasteiger charge is -2.26. The minimum absolute atomic E-state index is 0.0781. The average molecular weight is 1250 g/mol. The molecule has 3 N–H and O–H groups in total. The number of nitrogens with one attached hydrogen (secondary N) is 1. The maximum absolute atomic E-state index is 13.1. The highest BCUT2D eigenvalue weighted by Crippen LogP contribution is 2.43. The monoisotopic (exact) mass is 1250 g/mol. The second-order valence-electron chi connectivity index (χ2n) is 28.4. The number of unbranched alkanes of at least 4 members (excludes halogenated alkanes) is 57. The van der Waals surface area contributed by atoms with Crippen LogP contribution >= 0.6 is 7.82 Å². The Bertz CT molecular complexity index is 1470. The van der Waals surface area contributed by atoms with Crippen LogP contribution < -0.4 is 5.32 Å². The van der Waals surface area contributed by atoms with E-state index in [0.717, 1.165) is 44.9 Å². The predicted octanol–water partition coefficient (Wildman–Crippen LogP) is 25.4. The molecule has 0 radical (unpaired) electrons. The summed E-state index contributed by atoms with van der Waals surface area (Å²) in [7, 11) is 1.64. The first-order chi connectivity index (χ1) is 42.5. The average Bonchev–Trinajstić information content (AvgIpc) is 3.70. The van der Waals surface area contributed by atoms with Crippen LogP contribution in [0.4, 0.5) is 0 Å². The molecule has 0 aromatic rings. The maximum Gasteiger partial charge on any atom is 0.472 e. The molecule has 8 nitrogen and oxygen atoms in total. The summed E-state index contributed by atoms with van der Waals surface area (Å²) in [5, 5.41) is 14.2. The summed E-state index contributed by atoms with van der Waals surface area (Å²) in [5.41, 5.74) is 0. The van der Waals surface area contributed by atoms with Gasteiger partial charge in [0.1, 0.15) is 13.2 Å². The molecule has 0 bridgehead atoms. The van der Waals surface area contributed by atoms with E-state index >= 15 is 0 Å². The quantitative estimate of drug-likeness (QED) is 0.0243. The topological polar surface area (TPSA) is 105 Å². The fourth-order valence-electron chi connectivity index (χ4n) is 12.4. The molecule has 0 aliphatic rings. The molecular weight excluding hydrogens is 1090 g/mol. The van der Waals surface area contributed by atoms with Gasteiger partial charge in [0.15, 0.2) is 0 Å². The molecule has 0 aliphatic carbocycles. The lowest BCUT2D eigenvalue weighted by molar-refractivity contribution is -0.870. The van der Waals surface area contributed by atoms with Gasteiger partial charge in [-0.25, -0.2) is 4.57 Å². The maximum atomic E-state index is 13.1. The third-order valence-electron chi connectivity index (χ3n) is 18.5. The Morgan fingerprint density at radius 3 is 0.943 bits per heavy atom. The number of allylic oxidation sites excluding steroid dienone is 4. The Hall–Kier alpha value is -1.02. The molecule has 0 aromatic heterocycles. The molecule has 518 valence electrons. The zero-order valence-electron chi connectivity index (χ0n) is 59.6. The second-order valence-corrected chi connectivity index (χ2v) is 29.9. The highest BCUT2D eigenvalue weighted by Gasteiger charge is 2.28. The Morgan fingerprint density at radius 2 is 0.655 bits per heavy atom. The number of phosphoric ester groups is 1. The number of carbonyl (C=O) groups is 1. The SMILES string of the molecule is CCCCCCC/C=C\C/C=C\CCCCCCCCCCCCCCCCCCCCCCCCCC(=O)NC(COP(=O)(O)OCC[N+](C)(C)C)C(O)CCCCCCCCCCCCCCCCCCCCCCCCCCCCCCCC. The van der Waals surface area contributed by atoms with Crippen LogP contribution in [0.5, 0.6) is 0 Å². The number of quaternary nitrogens is 1. The van der Waals surface area contributed by atoms with E-state index in [1.165, 1.54) is 347 Å². The van der Waals surface area contributed by atoms with Crippen molar-refractivity contribution in [1.29, 1.82) is 0 Å². The zero-order chi connectivity index (χ0) is 63.4. The number of aliphatic hydroxyl groups excluding tert-OH is 1. The van der Waals surface area contributed by atoms with Crippen molar-refractivity contribution < 1.29 is 32.9 Å². The van der Waals surface area contributed by atoms with Gasteiger partial charge in [-0.1, -0.05) is 391 Å². The molecule has 3 atom stereocenters. The lowest BCUT2D eigenvalue weighted by atomic mass is 10.0. The molecule has 3 unspecified atom stereocenters. The van der Waals surface area contributed by atoms with Crippen LogP contribution in [-0.2, 0) is 18.4 Å². The largest absolute Gasteiger partial charge is 0.472 e. The number of hydrogen-bond acceptors (Lipinski definition) is 5. The van der Waals surface area contributed by atoms with Gasteiger partial charge in [0.25, 0.3) is 0 Å². The van der Waals surface area contributed by atoms with Crippen molar-refractivity contribution in [2.45, 2.75) is 431 Å². The summed E-state index contributed by atoms with van der Waals surface area (Å²) < 4.78 is 24.0. The number of nitrogens with zero attached hydrogens (tertiary/aromatic N) is 1. The van der Waals surface area contributed by atoms with E-state index in [4.69, 9.17) is 9.05 Å². The summed E-state index contributed by atoms with van der Waals surface area (Å²) >= 11 is 0. The molecule has 0 fully saturated rings. The van der Waals surface area contributed by atoms with Crippen LogP contribution in [0.15, 0.2) is 24.3 Å². The third-order valence-corrected chi connectivity index (χ3v) is 19.4. The number of hydrogen-bond donors (Lipinski definition) is 3. The molecule has 0 saturated heterocycles. The van der Waals surface area contributed by atoms with Gasteiger partial charge < -0.3 is 19.8 Å². The molecule has 0 rings (SSSR count). The molecule has 9 heteroatoms. The summed E-state index contributed by atoms with van der Waals surface area (Å²) in [5.74, 6) is -0.134. The summed E-state index contributed by atoms with van der Waals surface area (Å²) in [6.45, 7) is 4.95. The molecule has 0 aromatic carbocycles. The van der Waals surface area contributed by atoms with Crippen LogP contribution in [0.2, 0.25) is 0 Å². The standard InChI is InChI=1S/C78H155N2O6P/c1-6-8-10-12-14-16-18-20-22-24-26-28-30-32-34-36-38-39-40-41-42-44-46-48-50-52-54-56-58-60-62-64-66-68-70-72-78(82)79-76(75-86-87(83,84)85-74-73-80(3,4)5)77(81)71-69-67-65-63-61-59-57-55-53-51-49-47-45-43-37-35-33-31-29-27-25-23-21-19-17-15-13-11-9-7-2/h18,20,24,26,76-77,81H,6-17,19,21-23,25,27-75H2,1-5H3,(H-,79,82,83,84)/p+1/b20-18-,26-24-. The van der Waals surface area contributed by atoms with Gasteiger partial charge in [0.2, 0.25) is 5.91 Å².